The van der Waals surface area contributed by atoms with Crippen LogP contribution < -0.4 is 11.5 Å². The van der Waals surface area contributed by atoms with E-state index in [9.17, 15) is 0 Å². The average molecular weight is 272 g/mol. The van der Waals surface area contributed by atoms with E-state index in [4.69, 9.17) is 11.5 Å². The summed E-state index contributed by atoms with van der Waals surface area (Å²) in [5, 5.41) is 1.00. The molecule has 0 amide bonds. The number of aromatic nitrogens is 1. The molecule has 3 rings (SSSR count). The van der Waals surface area contributed by atoms with Gasteiger partial charge in [-0.1, -0.05) is 30.3 Å². The largest absolute Gasteiger partial charge is 0.399 e. The van der Waals surface area contributed by atoms with Gasteiger partial charge in [-0.2, -0.15) is 0 Å². The Morgan fingerprint density at radius 3 is 2.32 bits per heavy atom. The van der Waals surface area contributed by atoms with Crippen LogP contribution in [-0.4, -0.2) is 4.98 Å². The molecule has 0 radical (unpaired) electrons. The molecule has 3 aromatic rings. The molecule has 0 aliphatic heterocycles. The third-order valence-electron chi connectivity index (χ3n) is 2.95. The van der Waals surface area contributed by atoms with Gasteiger partial charge in [0.1, 0.15) is 5.82 Å². The summed E-state index contributed by atoms with van der Waals surface area (Å²) in [5.41, 5.74) is 15.4. The van der Waals surface area contributed by atoms with E-state index in [0.717, 1.165) is 27.7 Å². The van der Waals surface area contributed by atoms with Gasteiger partial charge in [0.2, 0.25) is 0 Å². The lowest BCUT2D eigenvalue weighted by molar-refractivity contribution is 1.41. The van der Waals surface area contributed by atoms with E-state index < -0.39 is 0 Å². The molecular formula is C15H14ClN3. The van der Waals surface area contributed by atoms with Gasteiger partial charge in [-0.25, -0.2) is 4.98 Å². The first kappa shape index (κ1) is 13.2. The van der Waals surface area contributed by atoms with E-state index in [0.29, 0.717) is 5.82 Å². The standard InChI is InChI=1S/C15H13N3.ClH/c16-12-6-7-14-11(8-12)9-13(15(17)18-14)10-4-2-1-3-5-10;/h1-9H,16H2,(H2,17,18);1H. The van der Waals surface area contributed by atoms with Gasteiger partial charge in [0.25, 0.3) is 0 Å². The first-order valence-electron chi connectivity index (χ1n) is 5.75. The summed E-state index contributed by atoms with van der Waals surface area (Å²) in [4.78, 5) is 4.42. The normalized spacial score (nSPS) is 10.1. The van der Waals surface area contributed by atoms with Crippen LogP contribution in [0.15, 0.2) is 54.6 Å². The zero-order chi connectivity index (χ0) is 12.5. The van der Waals surface area contributed by atoms with Gasteiger partial charge in [-0.15, -0.1) is 12.4 Å². The van der Waals surface area contributed by atoms with Crippen molar-refractivity contribution in [2.75, 3.05) is 11.5 Å². The van der Waals surface area contributed by atoms with Crippen molar-refractivity contribution in [3.05, 3.63) is 54.6 Å². The van der Waals surface area contributed by atoms with Crippen LogP contribution >= 0.6 is 12.4 Å². The molecule has 2 aromatic carbocycles. The number of anilines is 2. The van der Waals surface area contributed by atoms with E-state index in [2.05, 4.69) is 4.98 Å². The topological polar surface area (TPSA) is 64.9 Å². The molecule has 0 aliphatic carbocycles. The van der Waals surface area contributed by atoms with Crippen molar-refractivity contribution in [3.8, 4) is 11.1 Å². The Morgan fingerprint density at radius 2 is 1.58 bits per heavy atom. The molecule has 4 N–H and O–H groups in total. The second kappa shape index (κ2) is 5.16. The number of halogens is 1. The molecule has 0 fully saturated rings. The van der Waals surface area contributed by atoms with Crippen LogP contribution in [0, 0.1) is 0 Å². The number of nitrogen functional groups attached to an aromatic ring is 2. The van der Waals surface area contributed by atoms with Crippen LogP contribution in [0.3, 0.4) is 0 Å². The monoisotopic (exact) mass is 271 g/mol. The average Bonchev–Trinajstić information content (AvgIpc) is 2.39. The fourth-order valence-corrected chi connectivity index (χ4v) is 2.06. The second-order valence-electron chi connectivity index (χ2n) is 4.24. The number of pyridine rings is 1. The minimum Gasteiger partial charge on any atom is -0.399 e. The summed E-state index contributed by atoms with van der Waals surface area (Å²) in [6.07, 6.45) is 0. The molecule has 3 nitrogen and oxygen atoms in total. The van der Waals surface area contributed by atoms with Crippen molar-refractivity contribution >= 4 is 34.8 Å². The van der Waals surface area contributed by atoms with E-state index in [1.807, 2.05) is 54.6 Å². The maximum absolute atomic E-state index is 6.01. The highest BCUT2D eigenvalue weighted by Gasteiger charge is 2.06. The number of fused-ring (bicyclic) bond motifs is 1. The first-order chi connectivity index (χ1) is 8.74. The molecule has 0 saturated carbocycles. The maximum Gasteiger partial charge on any atom is 0.131 e. The highest BCUT2D eigenvalue weighted by atomic mass is 35.5. The van der Waals surface area contributed by atoms with E-state index in [1.54, 1.807) is 0 Å². The van der Waals surface area contributed by atoms with E-state index in [1.165, 1.54) is 0 Å². The van der Waals surface area contributed by atoms with Crippen LogP contribution in [0.4, 0.5) is 11.5 Å². The second-order valence-corrected chi connectivity index (χ2v) is 4.24. The van der Waals surface area contributed by atoms with Crippen LogP contribution in [0.1, 0.15) is 0 Å². The van der Waals surface area contributed by atoms with Gasteiger partial charge >= 0.3 is 0 Å². The predicted molar refractivity (Wildman–Crippen MR) is 83.3 cm³/mol. The van der Waals surface area contributed by atoms with Gasteiger partial charge in [-0.3, -0.25) is 0 Å². The Bertz CT molecular complexity index is 711. The molecule has 96 valence electrons. The van der Waals surface area contributed by atoms with Gasteiger partial charge in [0, 0.05) is 16.6 Å². The molecule has 19 heavy (non-hydrogen) atoms. The molecule has 0 aliphatic rings. The predicted octanol–water partition coefficient (Wildman–Crippen LogP) is 3.49. The Balaban J connectivity index is 0.00000133. The van der Waals surface area contributed by atoms with E-state index >= 15 is 0 Å². The highest BCUT2D eigenvalue weighted by Crippen LogP contribution is 2.28. The molecular weight excluding hydrogens is 258 g/mol. The van der Waals surface area contributed by atoms with Gasteiger partial charge in [0.05, 0.1) is 5.52 Å². The van der Waals surface area contributed by atoms with Crippen LogP contribution in [-0.2, 0) is 0 Å². The third kappa shape index (κ3) is 2.46. The summed E-state index contributed by atoms with van der Waals surface area (Å²) in [5.74, 6) is 0.540. The van der Waals surface area contributed by atoms with Gasteiger partial charge in [0.15, 0.2) is 0 Å². The summed E-state index contributed by atoms with van der Waals surface area (Å²) in [6.45, 7) is 0. The molecule has 1 aromatic heterocycles. The third-order valence-corrected chi connectivity index (χ3v) is 2.95. The lowest BCUT2D eigenvalue weighted by Gasteiger charge is -2.07. The quantitative estimate of drug-likeness (QED) is 0.666. The SMILES string of the molecule is Cl.Nc1ccc2nc(N)c(-c3ccccc3)cc2c1. The lowest BCUT2D eigenvalue weighted by atomic mass is 10.0. The molecule has 0 bridgehead atoms. The number of rotatable bonds is 1. The maximum atomic E-state index is 6.01. The number of hydrogen-bond acceptors (Lipinski definition) is 3. The molecule has 0 atom stereocenters. The van der Waals surface area contributed by atoms with Crippen molar-refractivity contribution in [2.45, 2.75) is 0 Å². The van der Waals surface area contributed by atoms with Crippen molar-refractivity contribution in [2.24, 2.45) is 0 Å². The van der Waals surface area contributed by atoms with Crippen molar-refractivity contribution in [3.63, 3.8) is 0 Å². The molecule has 4 heteroatoms. The number of nitrogens with two attached hydrogens (primary N) is 2. The van der Waals surface area contributed by atoms with Crippen LogP contribution in [0.2, 0.25) is 0 Å². The first-order valence-corrected chi connectivity index (χ1v) is 5.75. The van der Waals surface area contributed by atoms with Crippen molar-refractivity contribution in [1.82, 2.24) is 4.98 Å². The summed E-state index contributed by atoms with van der Waals surface area (Å²) < 4.78 is 0. The number of benzene rings is 2. The zero-order valence-electron chi connectivity index (χ0n) is 10.2. The fraction of sp³-hybridized carbons (Fsp3) is 0. The number of nitrogens with zero attached hydrogens (tertiary/aromatic N) is 1. The minimum atomic E-state index is 0. The Labute approximate surface area is 117 Å². The van der Waals surface area contributed by atoms with Crippen molar-refractivity contribution in [1.29, 1.82) is 0 Å². The minimum absolute atomic E-state index is 0. The zero-order valence-corrected chi connectivity index (χ0v) is 11.0. The molecule has 1 heterocycles. The Kier molecular flexibility index (Phi) is 3.58. The Hall–Kier alpha value is -2.26. The van der Waals surface area contributed by atoms with Crippen LogP contribution in [0.25, 0.3) is 22.0 Å². The lowest BCUT2D eigenvalue weighted by Crippen LogP contribution is -1.95. The van der Waals surface area contributed by atoms with Gasteiger partial charge < -0.3 is 11.5 Å². The van der Waals surface area contributed by atoms with Gasteiger partial charge in [-0.05, 0) is 29.8 Å². The number of hydrogen-bond donors (Lipinski definition) is 2. The fourth-order valence-electron chi connectivity index (χ4n) is 2.06. The smallest absolute Gasteiger partial charge is 0.131 e. The molecule has 0 saturated heterocycles. The summed E-state index contributed by atoms with van der Waals surface area (Å²) in [7, 11) is 0. The highest BCUT2D eigenvalue weighted by molar-refractivity contribution is 5.90. The van der Waals surface area contributed by atoms with Crippen molar-refractivity contribution < 1.29 is 0 Å². The molecule has 0 spiro atoms. The van der Waals surface area contributed by atoms with E-state index in [-0.39, 0.29) is 12.4 Å². The molecule has 0 unspecified atom stereocenters. The Morgan fingerprint density at radius 1 is 0.842 bits per heavy atom. The van der Waals surface area contributed by atoms with Crippen LogP contribution in [0.5, 0.6) is 0 Å². The summed E-state index contributed by atoms with van der Waals surface area (Å²) in [6, 6.07) is 17.6. The summed E-state index contributed by atoms with van der Waals surface area (Å²) >= 11 is 0.